The Labute approximate surface area is 185 Å². The molecule has 5 heteroatoms. The van der Waals surface area contributed by atoms with Crippen LogP contribution in [-0.4, -0.2) is 32.3 Å². The van der Waals surface area contributed by atoms with Crippen LogP contribution in [-0.2, 0) is 19.6 Å². The molecule has 0 saturated heterocycles. The highest BCUT2D eigenvalue weighted by atomic mass is 16.9. The molecule has 0 aliphatic heterocycles. The highest BCUT2D eigenvalue weighted by Gasteiger charge is 2.55. The molecule has 0 aliphatic rings. The Morgan fingerprint density at radius 2 is 1.20 bits per heavy atom. The van der Waals surface area contributed by atoms with Gasteiger partial charge in [0.25, 0.3) is 5.97 Å². The first-order chi connectivity index (χ1) is 14.2. The minimum Gasteiger partial charge on any atom is -0.344 e. The van der Waals surface area contributed by atoms with Crippen molar-refractivity contribution in [2.24, 2.45) is 5.73 Å². The van der Waals surface area contributed by atoms with Gasteiger partial charge in [-0.25, -0.2) is 0 Å². The summed E-state index contributed by atoms with van der Waals surface area (Å²) in [7, 11) is 0. The van der Waals surface area contributed by atoms with E-state index in [2.05, 4.69) is 37.3 Å². The second-order valence-corrected chi connectivity index (χ2v) is 7.71. The van der Waals surface area contributed by atoms with E-state index in [4.69, 9.17) is 19.9 Å². The Morgan fingerprint density at radius 1 is 0.700 bits per heavy atom. The molecule has 0 radical (unpaired) electrons. The van der Waals surface area contributed by atoms with Gasteiger partial charge in [0, 0.05) is 19.8 Å². The average Bonchev–Trinajstić information content (AvgIpc) is 2.74. The maximum atomic E-state index is 6.34. The Morgan fingerprint density at radius 3 is 1.70 bits per heavy atom. The smallest absolute Gasteiger partial charge is 0.293 e. The van der Waals surface area contributed by atoms with E-state index >= 15 is 0 Å². The molecule has 1 atom stereocenters. The molecule has 5 N–H and O–H groups in total. The summed E-state index contributed by atoms with van der Waals surface area (Å²) in [5.41, 5.74) is 6.80. The number of benzene rings is 1. The normalized spacial score (nSPS) is 13.6. The molecule has 0 fully saturated rings. The van der Waals surface area contributed by atoms with E-state index in [1.54, 1.807) is 0 Å². The molecule has 0 bridgehead atoms. The van der Waals surface area contributed by atoms with Crippen LogP contribution < -0.4 is 11.9 Å². The minimum atomic E-state index is -1.09. The Hall–Kier alpha value is -0.980. The van der Waals surface area contributed by atoms with Crippen LogP contribution in [0.1, 0.15) is 91.0 Å². The van der Waals surface area contributed by atoms with E-state index in [0.29, 0.717) is 26.4 Å². The van der Waals surface area contributed by atoms with Gasteiger partial charge in [0.05, 0.1) is 5.41 Å². The zero-order valence-corrected chi connectivity index (χ0v) is 20.1. The van der Waals surface area contributed by atoms with Crippen LogP contribution in [0, 0.1) is 0 Å². The molecular weight excluding hydrogens is 376 g/mol. The van der Waals surface area contributed by atoms with Gasteiger partial charge in [0.15, 0.2) is 0 Å². The van der Waals surface area contributed by atoms with Gasteiger partial charge in [-0.1, -0.05) is 75.8 Å². The van der Waals surface area contributed by atoms with E-state index in [1.165, 1.54) is 37.7 Å². The van der Waals surface area contributed by atoms with Crippen LogP contribution in [0.4, 0.5) is 0 Å². The molecule has 1 rings (SSSR count). The predicted octanol–water partition coefficient (Wildman–Crippen LogP) is 6.34. The standard InChI is InChI=1S/C25H45NO3.H3N/c1-5-9-10-11-12-16-20-24(21-17-22-26,23-18-14-13-15-19-23)25(27-6-2,28-7-3)29-8-4;/h13-15,18-19H,5-12,16-17,20-22,26H2,1-4H3;1H3. The lowest BCUT2D eigenvalue weighted by Gasteiger charge is -2.49. The molecule has 1 aromatic carbocycles. The zero-order chi connectivity index (χ0) is 21.4. The van der Waals surface area contributed by atoms with Crippen molar-refractivity contribution in [1.82, 2.24) is 6.15 Å². The first-order valence-corrected chi connectivity index (χ1v) is 11.8. The Bertz CT molecular complexity index is 495. The maximum Gasteiger partial charge on any atom is 0.293 e. The highest BCUT2D eigenvalue weighted by molar-refractivity contribution is 5.28. The Balaban J connectivity index is 0.00000841. The second-order valence-electron chi connectivity index (χ2n) is 7.71. The van der Waals surface area contributed by atoms with Crippen molar-refractivity contribution in [2.75, 3.05) is 26.4 Å². The third kappa shape index (κ3) is 7.93. The Kier molecular flexibility index (Phi) is 16.1. The average molecular weight is 425 g/mol. The van der Waals surface area contributed by atoms with Crippen molar-refractivity contribution in [3.05, 3.63) is 35.9 Å². The lowest BCUT2D eigenvalue weighted by atomic mass is 9.70. The van der Waals surface area contributed by atoms with Crippen LogP contribution in [0.5, 0.6) is 0 Å². The quantitative estimate of drug-likeness (QED) is 0.212. The first kappa shape index (κ1) is 29.0. The van der Waals surface area contributed by atoms with Crippen LogP contribution in [0.25, 0.3) is 0 Å². The first-order valence-electron chi connectivity index (χ1n) is 11.8. The summed E-state index contributed by atoms with van der Waals surface area (Å²) in [6.45, 7) is 10.5. The molecular formula is C25H48N2O3. The largest absolute Gasteiger partial charge is 0.344 e. The summed E-state index contributed by atoms with van der Waals surface area (Å²) in [4.78, 5) is 0. The van der Waals surface area contributed by atoms with E-state index in [9.17, 15) is 0 Å². The van der Waals surface area contributed by atoms with E-state index in [0.717, 1.165) is 25.7 Å². The van der Waals surface area contributed by atoms with Gasteiger partial charge < -0.3 is 26.1 Å². The summed E-state index contributed by atoms with van der Waals surface area (Å²) >= 11 is 0. The van der Waals surface area contributed by atoms with Gasteiger partial charge in [-0.05, 0) is 52.1 Å². The zero-order valence-electron chi connectivity index (χ0n) is 20.1. The number of hydrogen-bond acceptors (Lipinski definition) is 5. The van der Waals surface area contributed by atoms with Crippen LogP contribution in [0.15, 0.2) is 30.3 Å². The molecule has 0 heterocycles. The SMILES string of the molecule is CCCCCCCCC(CCCN)(c1ccccc1)C(OCC)(OCC)OCC.N. The van der Waals surface area contributed by atoms with Crippen molar-refractivity contribution < 1.29 is 14.2 Å². The van der Waals surface area contributed by atoms with Crippen molar-refractivity contribution in [2.45, 2.75) is 96.9 Å². The fourth-order valence-electron chi connectivity index (χ4n) is 4.37. The van der Waals surface area contributed by atoms with E-state index in [1.807, 2.05) is 20.8 Å². The van der Waals surface area contributed by atoms with Crippen LogP contribution in [0.2, 0.25) is 0 Å². The van der Waals surface area contributed by atoms with Gasteiger partial charge in [0.1, 0.15) is 0 Å². The summed E-state index contributed by atoms with van der Waals surface area (Å²) in [5, 5.41) is 0. The summed E-state index contributed by atoms with van der Waals surface area (Å²) in [6.07, 6.45) is 10.3. The minimum absolute atomic E-state index is 0. The molecule has 0 aromatic heterocycles. The summed E-state index contributed by atoms with van der Waals surface area (Å²) < 4.78 is 19.0. The molecule has 5 nitrogen and oxygen atoms in total. The predicted molar refractivity (Wildman–Crippen MR) is 127 cm³/mol. The van der Waals surface area contributed by atoms with Gasteiger partial charge in [-0.15, -0.1) is 0 Å². The third-order valence-corrected chi connectivity index (χ3v) is 5.68. The number of ether oxygens (including phenoxy) is 3. The van der Waals surface area contributed by atoms with Gasteiger partial charge in [0.2, 0.25) is 0 Å². The molecule has 1 aromatic rings. The molecule has 176 valence electrons. The molecule has 0 aliphatic carbocycles. The van der Waals surface area contributed by atoms with Gasteiger partial charge in [-0.2, -0.15) is 0 Å². The van der Waals surface area contributed by atoms with Gasteiger partial charge >= 0.3 is 0 Å². The van der Waals surface area contributed by atoms with E-state index in [-0.39, 0.29) is 11.6 Å². The number of nitrogens with two attached hydrogens (primary N) is 1. The number of unbranched alkanes of at least 4 members (excludes halogenated alkanes) is 5. The lowest BCUT2D eigenvalue weighted by Crippen LogP contribution is -2.58. The van der Waals surface area contributed by atoms with Gasteiger partial charge in [-0.3, -0.25) is 0 Å². The van der Waals surface area contributed by atoms with Crippen molar-refractivity contribution in [3.8, 4) is 0 Å². The third-order valence-electron chi connectivity index (χ3n) is 5.68. The molecule has 1 unspecified atom stereocenters. The lowest BCUT2D eigenvalue weighted by molar-refractivity contribution is -0.412. The molecule has 0 amide bonds. The van der Waals surface area contributed by atoms with Crippen LogP contribution in [0.3, 0.4) is 0 Å². The fourth-order valence-corrected chi connectivity index (χ4v) is 4.37. The highest BCUT2D eigenvalue weighted by Crippen LogP contribution is 2.47. The van der Waals surface area contributed by atoms with Crippen molar-refractivity contribution in [1.29, 1.82) is 0 Å². The monoisotopic (exact) mass is 424 g/mol. The fraction of sp³-hybridized carbons (Fsp3) is 0.760. The summed E-state index contributed by atoms with van der Waals surface area (Å²) in [6, 6.07) is 10.6. The second kappa shape index (κ2) is 16.7. The topological polar surface area (TPSA) is 88.7 Å². The van der Waals surface area contributed by atoms with E-state index < -0.39 is 5.97 Å². The molecule has 0 saturated carbocycles. The molecule has 0 spiro atoms. The maximum absolute atomic E-state index is 6.34. The summed E-state index contributed by atoms with van der Waals surface area (Å²) in [5.74, 6) is -1.09. The number of hydrogen-bond donors (Lipinski definition) is 2. The number of rotatable bonds is 18. The van der Waals surface area contributed by atoms with Crippen molar-refractivity contribution in [3.63, 3.8) is 0 Å². The van der Waals surface area contributed by atoms with Crippen LogP contribution >= 0.6 is 0 Å². The van der Waals surface area contributed by atoms with Crippen molar-refractivity contribution >= 4 is 0 Å². The molecule has 30 heavy (non-hydrogen) atoms.